The van der Waals surface area contributed by atoms with Gasteiger partial charge in [-0.1, -0.05) is 49.5 Å². The molecule has 2 aliphatic rings. The largest absolute Gasteiger partial charge is 0.478 e. The molecule has 2 aromatic heterocycles. The minimum Gasteiger partial charge on any atom is -0.478 e. The number of carboxylic acid groups (broad SMARTS) is 1. The van der Waals surface area contributed by atoms with E-state index in [4.69, 9.17) is 10.5 Å². The second kappa shape index (κ2) is 13.7. The molecule has 268 valence electrons. The second-order valence-electron chi connectivity index (χ2n) is 14.1. The molecule has 0 saturated heterocycles. The maximum absolute atomic E-state index is 13.4. The monoisotopic (exact) mass is 725 g/mol. The molecule has 0 radical (unpaired) electrons. The van der Waals surface area contributed by atoms with E-state index < -0.39 is 14.0 Å². The van der Waals surface area contributed by atoms with Crippen LogP contribution in [0.5, 0.6) is 5.88 Å². The first kappa shape index (κ1) is 35.1. The molecule has 5 aromatic rings. The third-order valence-corrected chi connectivity index (χ3v) is 13.3. The van der Waals surface area contributed by atoms with Gasteiger partial charge in [0.1, 0.15) is 28.8 Å². The van der Waals surface area contributed by atoms with Crippen LogP contribution in [0.3, 0.4) is 0 Å². The molecule has 0 atom stereocenters. The zero-order chi connectivity index (χ0) is 37.6. The predicted molar refractivity (Wildman–Crippen MR) is 210 cm³/mol. The van der Waals surface area contributed by atoms with Crippen molar-refractivity contribution in [3.8, 4) is 5.88 Å². The van der Waals surface area contributed by atoms with E-state index in [0.717, 1.165) is 39.2 Å². The van der Waals surface area contributed by atoms with Crippen LogP contribution in [0, 0.1) is 0 Å². The highest BCUT2D eigenvalue weighted by molar-refractivity contribution is 6.98. The van der Waals surface area contributed by atoms with E-state index in [1.807, 2.05) is 52.5 Å². The van der Waals surface area contributed by atoms with E-state index in [1.165, 1.54) is 22.8 Å². The van der Waals surface area contributed by atoms with Crippen molar-refractivity contribution in [2.75, 3.05) is 38.8 Å². The van der Waals surface area contributed by atoms with Gasteiger partial charge in [0.05, 0.1) is 11.9 Å². The van der Waals surface area contributed by atoms with Crippen LogP contribution >= 0.6 is 0 Å². The number of carbonyl (C=O) groups excluding carboxylic acids is 1. The predicted octanol–water partition coefficient (Wildman–Crippen LogP) is 4.69. The zero-order valence-electron chi connectivity index (χ0n) is 30.5. The highest BCUT2D eigenvalue weighted by atomic mass is 28.3. The zero-order valence-corrected chi connectivity index (χ0v) is 31.5. The van der Waals surface area contributed by atoms with Gasteiger partial charge in [0, 0.05) is 44.0 Å². The van der Waals surface area contributed by atoms with Gasteiger partial charge >= 0.3 is 5.97 Å². The molecule has 1 aliphatic carbocycles. The standard InChI is InChI=1S/C40H40N8O4Si/c1-47(2)26-12-15-29-32(18-26)53(5,6)33-19-27(48(3)4)13-16-30(33)34(29)28-14-11-25(17-31(28)39(50)51)37(49)42-20-23-7-9-24(10-8-23)21-52-38-35-36(44-22-43-35)45-40(41)46-38/h7-19,22,41-42H,20-21H2,1-6H3,(H2,49,50,51)/p+1. The number of hydrogen-bond donors (Lipinski definition) is 4. The lowest BCUT2D eigenvalue weighted by Crippen LogP contribution is -2.49. The Morgan fingerprint density at radius 3 is 2.43 bits per heavy atom. The molecular weight excluding hydrogens is 685 g/mol. The number of nitrogens with zero attached hydrogens (tertiary/aromatic N) is 5. The highest BCUT2D eigenvalue weighted by Gasteiger charge is 2.41. The van der Waals surface area contributed by atoms with Crippen molar-refractivity contribution in [3.05, 3.63) is 129 Å². The van der Waals surface area contributed by atoms with Crippen molar-refractivity contribution in [3.63, 3.8) is 0 Å². The van der Waals surface area contributed by atoms with Crippen LogP contribution in [0.1, 0.15) is 43.0 Å². The Hall–Kier alpha value is -6.34. The number of aromatic nitrogens is 4. The number of H-pyrrole nitrogens is 1. The number of nitrogen functional groups attached to an aromatic ring is 1. The molecule has 12 nitrogen and oxygen atoms in total. The molecule has 3 aromatic carbocycles. The summed E-state index contributed by atoms with van der Waals surface area (Å²) in [4.78, 5) is 43.8. The molecular formula is C40H41N8O4Si+. The topological polar surface area (TPSA) is 162 Å². The molecule has 7 rings (SSSR count). The molecule has 0 unspecified atom stereocenters. The quantitative estimate of drug-likeness (QED) is 0.125. The van der Waals surface area contributed by atoms with Crippen LogP contribution in [-0.2, 0) is 13.2 Å². The van der Waals surface area contributed by atoms with Gasteiger partial charge in [-0.3, -0.25) is 4.79 Å². The lowest BCUT2D eigenvalue weighted by Gasteiger charge is -2.38. The summed E-state index contributed by atoms with van der Waals surface area (Å²) in [5.41, 5.74) is 14.5. The molecule has 1 amide bonds. The lowest BCUT2D eigenvalue weighted by atomic mass is 9.86. The molecule has 0 fully saturated rings. The average Bonchev–Trinajstić information content (AvgIpc) is 3.62. The summed E-state index contributed by atoms with van der Waals surface area (Å²) < 4.78 is 7.96. The number of imidazole rings is 1. The van der Waals surface area contributed by atoms with Crippen LogP contribution in [0.2, 0.25) is 13.1 Å². The minimum absolute atomic E-state index is 0.0706. The molecule has 0 saturated carbocycles. The van der Waals surface area contributed by atoms with E-state index in [-0.39, 0.29) is 42.0 Å². The number of fused-ring (bicyclic) bond motifs is 3. The van der Waals surface area contributed by atoms with Crippen LogP contribution in [0.4, 0.5) is 11.6 Å². The van der Waals surface area contributed by atoms with E-state index in [9.17, 15) is 14.7 Å². The number of nitrogens with two attached hydrogens (primary N) is 1. The molecule has 5 N–H and O–H groups in total. The van der Waals surface area contributed by atoms with Crippen molar-refractivity contribution in [2.24, 2.45) is 0 Å². The summed E-state index contributed by atoms with van der Waals surface area (Å²) in [6.07, 6.45) is 7.95. The fourth-order valence-corrected chi connectivity index (χ4v) is 9.94. The van der Waals surface area contributed by atoms with Crippen LogP contribution < -0.4 is 25.9 Å². The number of carboxylic acids is 1. The molecule has 53 heavy (non-hydrogen) atoms. The number of anilines is 2. The fraction of sp³-hybridized carbons (Fsp3) is 0.200. The third-order valence-electron chi connectivity index (χ3n) is 9.82. The molecule has 13 heteroatoms. The molecule has 1 aliphatic heterocycles. The Morgan fingerprint density at radius 2 is 1.72 bits per heavy atom. The van der Waals surface area contributed by atoms with Crippen LogP contribution in [0.25, 0.3) is 16.7 Å². The number of carbonyl (C=O) groups is 2. The van der Waals surface area contributed by atoms with E-state index in [1.54, 1.807) is 12.1 Å². The summed E-state index contributed by atoms with van der Waals surface area (Å²) in [6.45, 7) is 5.18. The number of rotatable bonds is 9. The summed E-state index contributed by atoms with van der Waals surface area (Å²) in [5.74, 6) is -1.10. The summed E-state index contributed by atoms with van der Waals surface area (Å²) in [7, 11) is 5.88. The Balaban J connectivity index is 1.14. The molecule has 0 spiro atoms. The number of amides is 1. The van der Waals surface area contributed by atoms with Gasteiger partial charge in [-0.2, -0.15) is 9.97 Å². The van der Waals surface area contributed by atoms with Crippen LogP contribution in [0.15, 0.2) is 96.0 Å². The maximum atomic E-state index is 13.4. The first-order valence-electron chi connectivity index (χ1n) is 17.2. The smallest absolute Gasteiger partial charge is 0.336 e. The van der Waals surface area contributed by atoms with Crippen LogP contribution in [-0.4, -0.2) is 83.5 Å². The maximum Gasteiger partial charge on any atom is 0.336 e. The summed E-state index contributed by atoms with van der Waals surface area (Å²) in [6, 6.07) is 19.0. The van der Waals surface area contributed by atoms with Gasteiger partial charge in [-0.25, -0.2) is 14.4 Å². The Kier molecular flexibility index (Phi) is 9.04. The van der Waals surface area contributed by atoms with Crippen molar-refractivity contribution < 1.29 is 24.0 Å². The summed E-state index contributed by atoms with van der Waals surface area (Å²) in [5, 5.41) is 16.0. The van der Waals surface area contributed by atoms with Crippen molar-refractivity contribution in [2.45, 2.75) is 26.2 Å². The van der Waals surface area contributed by atoms with Crippen molar-refractivity contribution >= 4 is 59.2 Å². The normalized spacial score (nSPS) is 14.4. The van der Waals surface area contributed by atoms with Crippen molar-refractivity contribution in [1.29, 1.82) is 0 Å². The Labute approximate surface area is 308 Å². The number of nitrogens with one attached hydrogen (secondary N) is 2. The Morgan fingerprint density at radius 1 is 0.981 bits per heavy atom. The second-order valence-corrected chi connectivity index (χ2v) is 18.4. The van der Waals surface area contributed by atoms with Gasteiger partial charge in [0.2, 0.25) is 11.8 Å². The number of hydrogen-bond acceptors (Lipinski definition) is 8. The number of allylic oxidation sites excluding steroid dienone is 5. The van der Waals surface area contributed by atoms with E-state index in [2.05, 4.69) is 84.2 Å². The lowest BCUT2D eigenvalue weighted by molar-refractivity contribution is -0.462. The summed E-state index contributed by atoms with van der Waals surface area (Å²) >= 11 is 0. The van der Waals surface area contributed by atoms with Gasteiger partial charge < -0.3 is 30.8 Å². The van der Waals surface area contributed by atoms with E-state index >= 15 is 0 Å². The number of benzene rings is 3. The molecule has 0 bridgehead atoms. The van der Waals surface area contributed by atoms with Gasteiger partial charge in [-0.15, -0.1) is 0 Å². The number of aromatic amines is 1. The highest BCUT2D eigenvalue weighted by Crippen LogP contribution is 2.43. The van der Waals surface area contributed by atoms with Crippen molar-refractivity contribution in [1.82, 2.24) is 25.3 Å². The van der Waals surface area contributed by atoms with Gasteiger partial charge in [-0.05, 0) is 74.1 Å². The minimum atomic E-state index is -2.22. The van der Waals surface area contributed by atoms with E-state index in [0.29, 0.717) is 16.7 Å². The number of ether oxygens (including phenoxy) is 1. The third kappa shape index (κ3) is 6.62. The molecule has 3 heterocycles. The Bertz CT molecular complexity index is 2440. The van der Waals surface area contributed by atoms with Gasteiger partial charge in [0.25, 0.3) is 5.91 Å². The number of aromatic carboxylic acids is 1. The average molecular weight is 726 g/mol. The van der Waals surface area contributed by atoms with Gasteiger partial charge in [0.15, 0.2) is 16.9 Å². The SMILES string of the molecule is CN(C)c1ccc2c(c1)[Si](C)(C)C1=CC(=[N+](C)C)C=CC1=C2c1ccc(C(=O)NCc2ccc(COc3nc(N)nc4[nH]cnc34)cc2)cc1C(=O)O. The first-order chi connectivity index (χ1) is 25.3. The first-order valence-corrected chi connectivity index (χ1v) is 20.2. The fourth-order valence-electron chi connectivity index (χ4n) is 6.87.